The zero-order valence-electron chi connectivity index (χ0n) is 17.4. The number of H-pyrrole nitrogens is 1. The van der Waals surface area contributed by atoms with E-state index in [4.69, 9.17) is 18.9 Å². The van der Waals surface area contributed by atoms with Gasteiger partial charge in [-0.2, -0.15) is 5.10 Å². The molecule has 8 nitrogen and oxygen atoms in total. The second-order valence-electron chi connectivity index (χ2n) is 6.89. The molecule has 0 spiro atoms. The summed E-state index contributed by atoms with van der Waals surface area (Å²) in [5, 5.41) is 4.71. The molecule has 2 aromatic carbocycles. The lowest BCUT2D eigenvalue weighted by atomic mass is 10.00. The number of benzene rings is 2. The van der Waals surface area contributed by atoms with Crippen LogP contribution in [0.25, 0.3) is 10.9 Å². The van der Waals surface area contributed by atoms with Gasteiger partial charge in [0.25, 0.3) is 5.91 Å². The molecule has 1 aromatic heterocycles. The molecule has 2 heterocycles. The SMILES string of the molecule is CCCc1c(/C=N/NC(=O)c2cc3cc(F)ccc3[nH]2)c(OC)c2c(c1OC)OCO2. The summed E-state index contributed by atoms with van der Waals surface area (Å²) in [4.78, 5) is 15.5. The van der Waals surface area contributed by atoms with E-state index >= 15 is 0 Å². The summed E-state index contributed by atoms with van der Waals surface area (Å²) in [5.41, 5.74) is 4.87. The van der Waals surface area contributed by atoms with Gasteiger partial charge in [-0.15, -0.1) is 0 Å². The molecule has 0 aliphatic carbocycles. The smallest absolute Gasteiger partial charge is 0.287 e. The molecule has 1 amide bonds. The first-order valence-corrected chi connectivity index (χ1v) is 9.75. The molecule has 162 valence electrons. The number of rotatable bonds is 7. The first-order valence-electron chi connectivity index (χ1n) is 9.75. The molecule has 9 heteroatoms. The molecule has 0 fully saturated rings. The first-order chi connectivity index (χ1) is 15.1. The standard InChI is InChI=1S/C22H22FN3O5/c1-4-5-14-15(19(29-3)21-20(18(14)28-2)30-11-31-21)10-24-26-22(27)17-9-12-8-13(23)6-7-16(12)25-17/h6-10,25H,4-5,11H2,1-3H3,(H,26,27)/b24-10+. The number of halogens is 1. The molecule has 0 saturated carbocycles. The van der Waals surface area contributed by atoms with E-state index in [1.54, 1.807) is 19.2 Å². The van der Waals surface area contributed by atoms with Crippen molar-refractivity contribution in [2.45, 2.75) is 19.8 Å². The van der Waals surface area contributed by atoms with Crippen LogP contribution in [-0.2, 0) is 6.42 Å². The van der Waals surface area contributed by atoms with Gasteiger partial charge < -0.3 is 23.9 Å². The van der Waals surface area contributed by atoms with Crippen molar-refractivity contribution in [3.05, 3.63) is 46.9 Å². The van der Waals surface area contributed by atoms with Crippen LogP contribution in [0.5, 0.6) is 23.0 Å². The fourth-order valence-corrected chi connectivity index (χ4v) is 3.63. The fourth-order valence-electron chi connectivity index (χ4n) is 3.63. The van der Waals surface area contributed by atoms with E-state index in [0.29, 0.717) is 45.9 Å². The summed E-state index contributed by atoms with van der Waals surface area (Å²) in [6.45, 7) is 2.10. The highest BCUT2D eigenvalue weighted by atomic mass is 19.1. The van der Waals surface area contributed by atoms with Crippen LogP contribution >= 0.6 is 0 Å². The molecule has 0 atom stereocenters. The Hall–Kier alpha value is -3.75. The molecule has 31 heavy (non-hydrogen) atoms. The summed E-state index contributed by atoms with van der Waals surface area (Å²) in [7, 11) is 3.09. The highest BCUT2D eigenvalue weighted by Gasteiger charge is 2.30. The van der Waals surface area contributed by atoms with E-state index in [0.717, 1.165) is 12.0 Å². The molecule has 0 bridgehead atoms. The number of amides is 1. The molecular weight excluding hydrogens is 405 g/mol. The lowest BCUT2D eigenvalue weighted by Crippen LogP contribution is -2.18. The summed E-state index contributed by atoms with van der Waals surface area (Å²) in [6, 6.07) is 5.82. The minimum absolute atomic E-state index is 0.0614. The Morgan fingerprint density at radius 1 is 1.23 bits per heavy atom. The molecule has 4 rings (SSSR count). The van der Waals surface area contributed by atoms with Crippen LogP contribution in [0.3, 0.4) is 0 Å². The maximum absolute atomic E-state index is 13.4. The number of nitrogens with one attached hydrogen (secondary N) is 2. The van der Waals surface area contributed by atoms with Crippen LogP contribution in [-0.4, -0.2) is 38.1 Å². The topological polar surface area (TPSA) is 94.2 Å². The molecule has 2 N–H and O–H groups in total. The number of hydrazone groups is 1. The van der Waals surface area contributed by atoms with Gasteiger partial charge in [-0.05, 0) is 30.7 Å². The summed E-state index contributed by atoms with van der Waals surface area (Å²) in [5.74, 6) is 1.11. The molecule has 0 radical (unpaired) electrons. The normalized spacial score (nSPS) is 12.5. The summed E-state index contributed by atoms with van der Waals surface area (Å²) < 4.78 is 35.7. The van der Waals surface area contributed by atoms with Crippen LogP contribution in [0.15, 0.2) is 29.4 Å². The summed E-state index contributed by atoms with van der Waals surface area (Å²) >= 11 is 0. The lowest BCUT2D eigenvalue weighted by Gasteiger charge is -2.17. The molecule has 0 saturated heterocycles. The van der Waals surface area contributed by atoms with Crippen molar-refractivity contribution in [2.75, 3.05) is 21.0 Å². The predicted molar refractivity (Wildman–Crippen MR) is 113 cm³/mol. The Kier molecular flexibility index (Phi) is 5.66. The molecular formula is C22H22FN3O5. The Bertz CT molecular complexity index is 1170. The second-order valence-corrected chi connectivity index (χ2v) is 6.89. The first kappa shape index (κ1) is 20.5. The number of nitrogens with zero attached hydrogens (tertiary/aromatic N) is 1. The van der Waals surface area contributed by atoms with Gasteiger partial charge >= 0.3 is 0 Å². The van der Waals surface area contributed by atoms with Gasteiger partial charge in [0, 0.05) is 22.0 Å². The quantitative estimate of drug-likeness (QED) is 0.442. The zero-order chi connectivity index (χ0) is 22.0. The maximum Gasteiger partial charge on any atom is 0.287 e. The Morgan fingerprint density at radius 2 is 1.97 bits per heavy atom. The fraction of sp³-hybridized carbons (Fsp3) is 0.273. The van der Waals surface area contributed by atoms with Crippen LogP contribution < -0.4 is 24.4 Å². The van der Waals surface area contributed by atoms with E-state index in [9.17, 15) is 9.18 Å². The van der Waals surface area contributed by atoms with Gasteiger partial charge in [-0.1, -0.05) is 13.3 Å². The van der Waals surface area contributed by atoms with Crippen LogP contribution in [0, 0.1) is 5.82 Å². The molecule has 1 aliphatic rings. The van der Waals surface area contributed by atoms with Crippen molar-refractivity contribution in [3.63, 3.8) is 0 Å². The number of methoxy groups -OCH3 is 2. The third-order valence-electron chi connectivity index (χ3n) is 4.96. The average Bonchev–Trinajstić information content (AvgIpc) is 3.40. The summed E-state index contributed by atoms with van der Waals surface area (Å²) in [6.07, 6.45) is 3.02. The third-order valence-corrected chi connectivity index (χ3v) is 4.96. The van der Waals surface area contributed by atoms with E-state index in [1.807, 2.05) is 6.92 Å². The lowest BCUT2D eigenvalue weighted by molar-refractivity contribution is 0.0951. The number of aromatic nitrogens is 1. The third kappa shape index (κ3) is 3.74. The van der Waals surface area contributed by atoms with Crippen molar-refractivity contribution >= 4 is 23.0 Å². The van der Waals surface area contributed by atoms with Gasteiger partial charge in [0.1, 0.15) is 11.5 Å². The Morgan fingerprint density at radius 3 is 2.68 bits per heavy atom. The Labute approximate surface area is 177 Å². The van der Waals surface area contributed by atoms with Gasteiger partial charge in [0.15, 0.2) is 11.5 Å². The van der Waals surface area contributed by atoms with Crippen LogP contribution in [0.2, 0.25) is 0 Å². The minimum Gasteiger partial charge on any atom is -0.492 e. The molecule has 3 aromatic rings. The monoisotopic (exact) mass is 427 g/mol. The zero-order valence-corrected chi connectivity index (χ0v) is 17.4. The van der Waals surface area contributed by atoms with E-state index in [-0.39, 0.29) is 18.3 Å². The van der Waals surface area contributed by atoms with E-state index < -0.39 is 5.91 Å². The van der Waals surface area contributed by atoms with Gasteiger partial charge in [0.2, 0.25) is 18.3 Å². The number of fused-ring (bicyclic) bond motifs is 2. The number of carbonyl (C=O) groups is 1. The molecule has 0 unspecified atom stereocenters. The second kappa shape index (κ2) is 8.55. The van der Waals surface area contributed by atoms with E-state index in [2.05, 4.69) is 15.5 Å². The highest BCUT2D eigenvalue weighted by Crippen LogP contribution is 2.51. The van der Waals surface area contributed by atoms with Crippen LogP contribution in [0.4, 0.5) is 4.39 Å². The number of aromatic amines is 1. The van der Waals surface area contributed by atoms with Crippen molar-refractivity contribution < 1.29 is 28.1 Å². The number of hydrogen-bond acceptors (Lipinski definition) is 6. The van der Waals surface area contributed by atoms with Crippen molar-refractivity contribution in [1.82, 2.24) is 10.4 Å². The van der Waals surface area contributed by atoms with Crippen LogP contribution in [0.1, 0.15) is 35.0 Å². The van der Waals surface area contributed by atoms with E-state index in [1.165, 1.54) is 25.5 Å². The van der Waals surface area contributed by atoms with Gasteiger partial charge in [-0.3, -0.25) is 4.79 Å². The average molecular weight is 427 g/mol. The highest BCUT2D eigenvalue weighted by molar-refractivity contribution is 5.99. The van der Waals surface area contributed by atoms with Crippen molar-refractivity contribution in [1.29, 1.82) is 0 Å². The maximum atomic E-state index is 13.4. The predicted octanol–water partition coefficient (Wildman–Crippen LogP) is 3.77. The van der Waals surface area contributed by atoms with Crippen molar-refractivity contribution in [3.8, 4) is 23.0 Å². The largest absolute Gasteiger partial charge is 0.492 e. The van der Waals surface area contributed by atoms with Gasteiger partial charge in [0.05, 0.1) is 20.4 Å². The van der Waals surface area contributed by atoms with Gasteiger partial charge in [-0.25, -0.2) is 9.82 Å². The Balaban J connectivity index is 1.65. The number of carbonyl (C=O) groups excluding carboxylic acids is 1. The van der Waals surface area contributed by atoms with Crippen molar-refractivity contribution in [2.24, 2.45) is 5.10 Å². The number of ether oxygens (including phenoxy) is 4. The minimum atomic E-state index is -0.462. The molecule has 1 aliphatic heterocycles. The number of hydrogen-bond donors (Lipinski definition) is 2.